The Labute approximate surface area is 109 Å². The van der Waals surface area contributed by atoms with Crippen LogP contribution in [0.5, 0.6) is 5.75 Å². The van der Waals surface area contributed by atoms with Crippen molar-refractivity contribution in [2.24, 2.45) is 0 Å². The second kappa shape index (κ2) is 6.21. The molecule has 1 aromatic rings. The Bertz CT molecular complexity index is 381. The first-order chi connectivity index (χ1) is 8.41. The van der Waals surface area contributed by atoms with Crippen molar-refractivity contribution in [2.75, 3.05) is 6.61 Å². The van der Waals surface area contributed by atoms with Gasteiger partial charge in [0.15, 0.2) is 0 Å². The second-order valence-electron chi connectivity index (χ2n) is 4.92. The summed E-state index contributed by atoms with van der Waals surface area (Å²) >= 11 is 0. The number of hydrogen-bond acceptors (Lipinski definition) is 3. The van der Waals surface area contributed by atoms with Crippen LogP contribution in [0.25, 0.3) is 0 Å². The summed E-state index contributed by atoms with van der Waals surface area (Å²) in [5.41, 5.74) is 1.10. The van der Waals surface area contributed by atoms with Gasteiger partial charge in [0, 0.05) is 0 Å². The minimum atomic E-state index is -0.755. The summed E-state index contributed by atoms with van der Waals surface area (Å²) in [6, 6.07) is 5.62. The molecule has 0 radical (unpaired) electrons. The molecule has 18 heavy (non-hydrogen) atoms. The monoisotopic (exact) mass is 252 g/mol. The van der Waals surface area contributed by atoms with E-state index < -0.39 is 11.7 Å². The van der Waals surface area contributed by atoms with Crippen LogP contribution in [0.1, 0.15) is 50.8 Å². The van der Waals surface area contributed by atoms with Crippen LogP contribution in [0.15, 0.2) is 18.2 Å². The number of aryl methyl sites for hydroxylation is 1. The number of aliphatic hydroxyl groups excluding tert-OH is 1. The van der Waals surface area contributed by atoms with Crippen LogP contribution in [0.4, 0.5) is 0 Å². The number of rotatable bonds is 6. The van der Waals surface area contributed by atoms with E-state index in [2.05, 4.69) is 0 Å². The molecule has 0 fully saturated rings. The third-order valence-electron chi connectivity index (χ3n) is 3.49. The summed E-state index contributed by atoms with van der Waals surface area (Å²) in [6.07, 6.45) is 0.878. The average Bonchev–Trinajstić information content (AvgIpc) is 2.36. The molecule has 0 aliphatic heterocycles. The van der Waals surface area contributed by atoms with Crippen molar-refractivity contribution >= 4 is 0 Å². The predicted molar refractivity (Wildman–Crippen MR) is 72.8 cm³/mol. The van der Waals surface area contributed by atoms with E-state index >= 15 is 0 Å². The first-order valence-electron chi connectivity index (χ1n) is 6.55. The lowest BCUT2D eigenvalue weighted by Gasteiger charge is -2.25. The molecule has 0 saturated carbocycles. The minimum absolute atomic E-state index is 0.300. The molecule has 0 spiro atoms. The van der Waals surface area contributed by atoms with Gasteiger partial charge in [-0.05, 0) is 49.9 Å². The molecule has 2 N–H and O–H groups in total. The van der Waals surface area contributed by atoms with Crippen LogP contribution in [0, 0.1) is 6.92 Å². The second-order valence-corrected chi connectivity index (χ2v) is 4.92. The van der Waals surface area contributed by atoms with Gasteiger partial charge in [-0.2, -0.15) is 0 Å². The van der Waals surface area contributed by atoms with Gasteiger partial charge in [0.25, 0.3) is 0 Å². The van der Waals surface area contributed by atoms with Gasteiger partial charge in [0.1, 0.15) is 12.4 Å². The van der Waals surface area contributed by atoms with Gasteiger partial charge < -0.3 is 14.9 Å². The number of ether oxygens (including phenoxy) is 1. The molecule has 1 atom stereocenters. The zero-order valence-electron chi connectivity index (χ0n) is 11.7. The Kier molecular flexibility index (Phi) is 5.17. The number of aliphatic hydroxyl groups is 2. The molecule has 3 heteroatoms. The van der Waals surface area contributed by atoms with E-state index in [0.29, 0.717) is 19.4 Å². The standard InChI is InChI=1S/C15H24O3/c1-5-15(17,6-2)10-18-14-8-7-13(12(4)16)9-11(14)3/h7-9,12,16-17H,5-6,10H2,1-4H3. The zero-order chi connectivity index (χ0) is 13.8. The Morgan fingerprint density at radius 1 is 1.28 bits per heavy atom. The topological polar surface area (TPSA) is 49.7 Å². The van der Waals surface area contributed by atoms with Crippen LogP contribution < -0.4 is 4.74 Å². The lowest BCUT2D eigenvalue weighted by molar-refractivity contribution is -0.0115. The zero-order valence-corrected chi connectivity index (χ0v) is 11.7. The average molecular weight is 252 g/mol. The summed E-state index contributed by atoms with van der Waals surface area (Å²) in [7, 11) is 0. The van der Waals surface area contributed by atoms with Crippen LogP contribution in [0.3, 0.4) is 0 Å². The van der Waals surface area contributed by atoms with Crippen molar-refractivity contribution < 1.29 is 14.9 Å². The Balaban J connectivity index is 2.74. The van der Waals surface area contributed by atoms with Gasteiger partial charge in [-0.3, -0.25) is 0 Å². The van der Waals surface area contributed by atoms with E-state index in [1.807, 2.05) is 39.0 Å². The molecule has 0 bridgehead atoms. The molecule has 0 saturated heterocycles. The van der Waals surface area contributed by atoms with Gasteiger partial charge in [-0.15, -0.1) is 0 Å². The highest BCUT2D eigenvalue weighted by Crippen LogP contribution is 2.24. The summed E-state index contributed by atoms with van der Waals surface area (Å²) in [5, 5.41) is 19.7. The highest BCUT2D eigenvalue weighted by atomic mass is 16.5. The van der Waals surface area contributed by atoms with Crippen molar-refractivity contribution in [3.8, 4) is 5.75 Å². The van der Waals surface area contributed by atoms with Gasteiger partial charge in [-0.25, -0.2) is 0 Å². The van der Waals surface area contributed by atoms with Crippen molar-refractivity contribution in [1.29, 1.82) is 0 Å². The quantitative estimate of drug-likeness (QED) is 0.818. The largest absolute Gasteiger partial charge is 0.490 e. The highest BCUT2D eigenvalue weighted by molar-refractivity contribution is 5.37. The molecule has 0 amide bonds. The van der Waals surface area contributed by atoms with Crippen molar-refractivity contribution in [3.63, 3.8) is 0 Å². The Hall–Kier alpha value is -1.06. The SMILES string of the molecule is CCC(O)(CC)COc1ccc(C(C)O)cc1C. The van der Waals surface area contributed by atoms with Crippen LogP contribution >= 0.6 is 0 Å². The van der Waals surface area contributed by atoms with E-state index in [-0.39, 0.29) is 0 Å². The molecule has 1 rings (SSSR count). The molecule has 0 aliphatic carbocycles. The normalized spacial score (nSPS) is 13.4. The van der Waals surface area contributed by atoms with E-state index in [1.165, 1.54) is 0 Å². The fourth-order valence-corrected chi connectivity index (χ4v) is 1.76. The smallest absolute Gasteiger partial charge is 0.122 e. The fraction of sp³-hybridized carbons (Fsp3) is 0.600. The van der Waals surface area contributed by atoms with Crippen LogP contribution in [-0.2, 0) is 0 Å². The summed E-state index contributed by atoms with van der Waals surface area (Å²) in [5.74, 6) is 0.764. The predicted octanol–water partition coefficient (Wildman–Crippen LogP) is 2.98. The van der Waals surface area contributed by atoms with E-state index in [4.69, 9.17) is 4.74 Å². The molecule has 1 aromatic carbocycles. The maximum absolute atomic E-state index is 10.2. The Morgan fingerprint density at radius 2 is 1.89 bits per heavy atom. The lowest BCUT2D eigenvalue weighted by atomic mass is 9.99. The maximum Gasteiger partial charge on any atom is 0.122 e. The van der Waals surface area contributed by atoms with E-state index in [1.54, 1.807) is 6.92 Å². The summed E-state index contributed by atoms with van der Waals surface area (Å²) in [6.45, 7) is 7.89. The van der Waals surface area contributed by atoms with Crippen LogP contribution in [0.2, 0.25) is 0 Å². The molecule has 1 unspecified atom stereocenters. The van der Waals surface area contributed by atoms with Gasteiger partial charge >= 0.3 is 0 Å². The Morgan fingerprint density at radius 3 is 2.33 bits per heavy atom. The van der Waals surface area contributed by atoms with Gasteiger partial charge in [0.2, 0.25) is 0 Å². The van der Waals surface area contributed by atoms with Gasteiger partial charge in [-0.1, -0.05) is 19.9 Å². The van der Waals surface area contributed by atoms with Crippen molar-refractivity contribution in [3.05, 3.63) is 29.3 Å². The molecular formula is C15H24O3. The van der Waals surface area contributed by atoms with Crippen molar-refractivity contribution in [1.82, 2.24) is 0 Å². The molecule has 3 nitrogen and oxygen atoms in total. The first-order valence-corrected chi connectivity index (χ1v) is 6.55. The molecule has 102 valence electrons. The van der Waals surface area contributed by atoms with Crippen molar-refractivity contribution in [2.45, 2.75) is 52.2 Å². The first kappa shape index (κ1) is 15.0. The van der Waals surface area contributed by atoms with Gasteiger partial charge in [0.05, 0.1) is 11.7 Å². The fourth-order valence-electron chi connectivity index (χ4n) is 1.76. The van der Waals surface area contributed by atoms with E-state index in [9.17, 15) is 10.2 Å². The highest BCUT2D eigenvalue weighted by Gasteiger charge is 2.23. The molecule has 0 aliphatic rings. The number of benzene rings is 1. The maximum atomic E-state index is 10.2. The minimum Gasteiger partial charge on any atom is -0.490 e. The third kappa shape index (κ3) is 3.72. The number of hydrogen-bond donors (Lipinski definition) is 2. The van der Waals surface area contributed by atoms with E-state index in [0.717, 1.165) is 16.9 Å². The third-order valence-corrected chi connectivity index (χ3v) is 3.49. The van der Waals surface area contributed by atoms with Crippen LogP contribution in [-0.4, -0.2) is 22.4 Å². The lowest BCUT2D eigenvalue weighted by Crippen LogP contribution is -2.34. The molecular weight excluding hydrogens is 228 g/mol. The molecule has 0 aromatic heterocycles. The summed E-state index contributed by atoms with van der Waals surface area (Å²) < 4.78 is 5.69. The molecule has 0 heterocycles. The summed E-state index contributed by atoms with van der Waals surface area (Å²) in [4.78, 5) is 0.